The molecule has 2 rings (SSSR count). The molecule has 0 saturated carbocycles. The summed E-state index contributed by atoms with van der Waals surface area (Å²) in [7, 11) is 0. The van der Waals surface area contributed by atoms with Crippen LogP contribution in [0.1, 0.15) is 18.4 Å². The lowest BCUT2D eigenvalue weighted by Gasteiger charge is -2.22. The molecule has 2 amide bonds. The van der Waals surface area contributed by atoms with Crippen LogP contribution in [0.4, 0.5) is 4.79 Å². The van der Waals surface area contributed by atoms with Gasteiger partial charge in [-0.15, -0.1) is 0 Å². The molecule has 1 heterocycles. The van der Waals surface area contributed by atoms with Crippen molar-refractivity contribution >= 4 is 6.03 Å². The summed E-state index contributed by atoms with van der Waals surface area (Å²) >= 11 is 0. The largest absolute Gasteiger partial charge is 0.338 e. The van der Waals surface area contributed by atoms with E-state index in [1.165, 1.54) is 18.4 Å². The summed E-state index contributed by atoms with van der Waals surface area (Å²) in [5.74, 6) is 0.577. The lowest BCUT2D eigenvalue weighted by Crippen LogP contribution is -2.42. The van der Waals surface area contributed by atoms with Crippen molar-refractivity contribution in [1.29, 1.82) is 0 Å². The highest BCUT2D eigenvalue weighted by Gasteiger charge is 2.13. The maximum atomic E-state index is 11.6. The van der Waals surface area contributed by atoms with Gasteiger partial charge >= 0.3 is 6.03 Å². The van der Waals surface area contributed by atoms with E-state index >= 15 is 0 Å². The standard InChI is InChI=1S/C15H23N3O/c19-15(18-12-14-7-4-9-16-11-14)17-10-8-13-5-2-1-3-6-13/h1-3,5-6,14,16H,4,7-12H2,(H2,17,18,19)/t14-/m0/s1. The fourth-order valence-corrected chi connectivity index (χ4v) is 2.36. The zero-order chi connectivity index (χ0) is 13.3. The molecule has 1 aliphatic rings. The summed E-state index contributed by atoms with van der Waals surface area (Å²) in [5.41, 5.74) is 1.25. The summed E-state index contributed by atoms with van der Waals surface area (Å²) in [6.07, 6.45) is 3.29. The van der Waals surface area contributed by atoms with E-state index in [2.05, 4.69) is 28.1 Å². The third-order valence-electron chi connectivity index (χ3n) is 3.49. The van der Waals surface area contributed by atoms with E-state index in [0.29, 0.717) is 12.5 Å². The first kappa shape index (κ1) is 13.9. The van der Waals surface area contributed by atoms with Crippen LogP contribution in [-0.2, 0) is 6.42 Å². The van der Waals surface area contributed by atoms with Crippen LogP contribution in [0, 0.1) is 5.92 Å². The second-order valence-corrected chi connectivity index (χ2v) is 5.08. The minimum absolute atomic E-state index is 0.0542. The normalized spacial score (nSPS) is 18.8. The van der Waals surface area contributed by atoms with Crippen molar-refractivity contribution in [3.05, 3.63) is 35.9 Å². The molecule has 0 aliphatic carbocycles. The Labute approximate surface area is 115 Å². The van der Waals surface area contributed by atoms with Crippen LogP contribution in [0.25, 0.3) is 0 Å². The van der Waals surface area contributed by atoms with Crippen molar-refractivity contribution in [3.63, 3.8) is 0 Å². The smallest absolute Gasteiger partial charge is 0.314 e. The average Bonchev–Trinajstić information content (AvgIpc) is 2.47. The monoisotopic (exact) mass is 261 g/mol. The van der Waals surface area contributed by atoms with Gasteiger partial charge in [-0.2, -0.15) is 0 Å². The van der Waals surface area contributed by atoms with E-state index in [4.69, 9.17) is 0 Å². The quantitative estimate of drug-likeness (QED) is 0.753. The van der Waals surface area contributed by atoms with Crippen molar-refractivity contribution in [2.24, 2.45) is 5.92 Å². The number of rotatable bonds is 5. The number of carbonyl (C=O) groups is 1. The molecule has 0 spiro atoms. The molecule has 0 aromatic heterocycles. The maximum absolute atomic E-state index is 11.6. The molecule has 104 valence electrons. The number of nitrogens with one attached hydrogen (secondary N) is 3. The number of piperidine rings is 1. The molecule has 1 aliphatic heterocycles. The number of hydrogen-bond donors (Lipinski definition) is 3. The first-order valence-corrected chi connectivity index (χ1v) is 7.11. The highest BCUT2D eigenvalue weighted by molar-refractivity contribution is 5.73. The van der Waals surface area contributed by atoms with Crippen LogP contribution in [0.5, 0.6) is 0 Å². The first-order chi connectivity index (χ1) is 9.34. The molecule has 1 saturated heterocycles. The Balaban J connectivity index is 1.57. The summed E-state index contributed by atoms with van der Waals surface area (Å²) in [6.45, 7) is 3.58. The highest BCUT2D eigenvalue weighted by atomic mass is 16.2. The van der Waals surface area contributed by atoms with Crippen LogP contribution in [0.15, 0.2) is 30.3 Å². The molecule has 3 N–H and O–H groups in total. The Bertz CT molecular complexity index is 374. The topological polar surface area (TPSA) is 53.2 Å². The van der Waals surface area contributed by atoms with Crippen molar-refractivity contribution in [1.82, 2.24) is 16.0 Å². The van der Waals surface area contributed by atoms with Gasteiger partial charge in [-0.25, -0.2) is 4.79 Å². The van der Waals surface area contributed by atoms with Gasteiger partial charge < -0.3 is 16.0 Å². The average molecular weight is 261 g/mol. The molecule has 19 heavy (non-hydrogen) atoms. The summed E-state index contributed by atoms with van der Waals surface area (Å²) in [6, 6.07) is 10.1. The van der Waals surface area contributed by atoms with E-state index in [1.807, 2.05) is 18.2 Å². The molecule has 1 atom stereocenters. The van der Waals surface area contributed by atoms with Gasteiger partial charge in [0.2, 0.25) is 0 Å². The van der Waals surface area contributed by atoms with E-state index in [9.17, 15) is 4.79 Å². The first-order valence-electron chi connectivity index (χ1n) is 7.11. The van der Waals surface area contributed by atoms with Crippen LogP contribution in [0.3, 0.4) is 0 Å². The molecule has 1 fully saturated rings. The molecular formula is C15H23N3O. The Morgan fingerprint density at radius 2 is 2.11 bits per heavy atom. The number of amides is 2. The molecule has 0 bridgehead atoms. The lowest BCUT2D eigenvalue weighted by atomic mass is 10.00. The Hall–Kier alpha value is -1.55. The second kappa shape index (κ2) is 7.79. The molecule has 0 radical (unpaired) electrons. The third-order valence-corrected chi connectivity index (χ3v) is 3.49. The van der Waals surface area contributed by atoms with Crippen LogP contribution >= 0.6 is 0 Å². The summed E-state index contributed by atoms with van der Waals surface area (Å²) < 4.78 is 0. The third kappa shape index (κ3) is 5.30. The van der Waals surface area contributed by atoms with Crippen LogP contribution in [-0.4, -0.2) is 32.2 Å². The molecule has 4 nitrogen and oxygen atoms in total. The Morgan fingerprint density at radius 3 is 2.84 bits per heavy atom. The van der Waals surface area contributed by atoms with Gasteiger partial charge in [0.15, 0.2) is 0 Å². The van der Waals surface area contributed by atoms with Crippen molar-refractivity contribution in [3.8, 4) is 0 Å². The summed E-state index contributed by atoms with van der Waals surface area (Å²) in [4.78, 5) is 11.6. The van der Waals surface area contributed by atoms with E-state index in [-0.39, 0.29) is 6.03 Å². The molecular weight excluding hydrogens is 238 g/mol. The minimum atomic E-state index is -0.0542. The van der Waals surface area contributed by atoms with Gasteiger partial charge in [0.25, 0.3) is 0 Å². The van der Waals surface area contributed by atoms with Gasteiger partial charge in [0.05, 0.1) is 0 Å². The number of carbonyl (C=O) groups excluding carboxylic acids is 1. The minimum Gasteiger partial charge on any atom is -0.338 e. The second-order valence-electron chi connectivity index (χ2n) is 5.08. The van der Waals surface area contributed by atoms with Crippen molar-refractivity contribution in [2.45, 2.75) is 19.3 Å². The van der Waals surface area contributed by atoms with E-state index in [0.717, 1.165) is 26.1 Å². The maximum Gasteiger partial charge on any atom is 0.314 e. The van der Waals surface area contributed by atoms with Gasteiger partial charge in [-0.3, -0.25) is 0 Å². The van der Waals surface area contributed by atoms with E-state index < -0.39 is 0 Å². The predicted octanol–water partition coefficient (Wildman–Crippen LogP) is 1.53. The Morgan fingerprint density at radius 1 is 1.26 bits per heavy atom. The Kier molecular flexibility index (Phi) is 5.69. The van der Waals surface area contributed by atoms with Crippen molar-refractivity contribution < 1.29 is 4.79 Å². The molecule has 1 aromatic carbocycles. The van der Waals surface area contributed by atoms with Gasteiger partial charge in [-0.1, -0.05) is 30.3 Å². The van der Waals surface area contributed by atoms with Crippen molar-refractivity contribution in [2.75, 3.05) is 26.2 Å². The van der Waals surface area contributed by atoms with Crippen LogP contribution in [0.2, 0.25) is 0 Å². The fraction of sp³-hybridized carbons (Fsp3) is 0.533. The lowest BCUT2D eigenvalue weighted by molar-refractivity contribution is 0.237. The SMILES string of the molecule is O=C(NCCc1ccccc1)NC[C@H]1CCCNC1. The zero-order valence-electron chi connectivity index (χ0n) is 11.3. The number of benzene rings is 1. The summed E-state index contributed by atoms with van der Waals surface area (Å²) in [5, 5.41) is 9.20. The molecule has 4 heteroatoms. The van der Waals surface area contributed by atoms with Gasteiger partial charge in [-0.05, 0) is 43.8 Å². The van der Waals surface area contributed by atoms with Gasteiger partial charge in [0, 0.05) is 13.1 Å². The predicted molar refractivity (Wildman–Crippen MR) is 77.1 cm³/mol. The fourth-order valence-electron chi connectivity index (χ4n) is 2.36. The zero-order valence-corrected chi connectivity index (χ0v) is 11.3. The van der Waals surface area contributed by atoms with Gasteiger partial charge in [0.1, 0.15) is 0 Å². The number of urea groups is 1. The van der Waals surface area contributed by atoms with Crippen LogP contribution < -0.4 is 16.0 Å². The highest BCUT2D eigenvalue weighted by Crippen LogP contribution is 2.07. The molecule has 0 unspecified atom stereocenters. The van der Waals surface area contributed by atoms with E-state index in [1.54, 1.807) is 0 Å². The molecule has 1 aromatic rings. The number of hydrogen-bond acceptors (Lipinski definition) is 2.